The number of fused-ring (bicyclic) bond motifs is 1. The standard InChI is InChI=1S/C24H31NO11S/c1-6-32-24(31)19-16-9-7-8-10-18(16)37-23(19)25-22(30)21(36-15(5)29)20(35-14(4)28)17(34-13(3)27)11-33-12(2)26/h17,20-21H,6-11H2,1-5H3,(H,25,30). The summed E-state index contributed by atoms with van der Waals surface area (Å²) < 4.78 is 25.7. The van der Waals surface area contributed by atoms with E-state index in [9.17, 15) is 28.8 Å². The molecule has 0 aliphatic heterocycles. The molecule has 1 aliphatic carbocycles. The van der Waals surface area contributed by atoms with Crippen molar-refractivity contribution in [2.45, 2.75) is 78.6 Å². The van der Waals surface area contributed by atoms with Crippen LogP contribution in [0.5, 0.6) is 0 Å². The van der Waals surface area contributed by atoms with Crippen LogP contribution in [0.4, 0.5) is 5.00 Å². The lowest BCUT2D eigenvalue weighted by atomic mass is 9.95. The van der Waals surface area contributed by atoms with Crippen molar-refractivity contribution in [3.63, 3.8) is 0 Å². The van der Waals surface area contributed by atoms with Crippen LogP contribution >= 0.6 is 11.3 Å². The first-order valence-corrected chi connectivity index (χ1v) is 12.5. The number of rotatable bonds is 11. The molecule has 1 amide bonds. The summed E-state index contributed by atoms with van der Waals surface area (Å²) in [7, 11) is 0. The molecular formula is C24H31NO11S. The summed E-state index contributed by atoms with van der Waals surface area (Å²) in [5.41, 5.74) is 1.01. The van der Waals surface area contributed by atoms with Gasteiger partial charge in [0.2, 0.25) is 6.10 Å². The van der Waals surface area contributed by atoms with E-state index in [1.807, 2.05) is 0 Å². The van der Waals surface area contributed by atoms with Crippen molar-refractivity contribution in [2.24, 2.45) is 0 Å². The third-order valence-electron chi connectivity index (χ3n) is 5.17. The molecule has 1 aromatic heterocycles. The molecule has 1 aliphatic rings. The summed E-state index contributed by atoms with van der Waals surface area (Å²) >= 11 is 1.20. The summed E-state index contributed by atoms with van der Waals surface area (Å²) in [5.74, 6) is -4.89. The van der Waals surface area contributed by atoms with Gasteiger partial charge in [-0.05, 0) is 38.2 Å². The number of ether oxygens (including phenoxy) is 5. The third-order valence-corrected chi connectivity index (χ3v) is 6.38. The van der Waals surface area contributed by atoms with Crippen LogP contribution < -0.4 is 5.32 Å². The molecule has 1 aromatic rings. The maximum Gasteiger partial charge on any atom is 0.341 e. The number of carbonyl (C=O) groups is 6. The fourth-order valence-electron chi connectivity index (χ4n) is 3.84. The van der Waals surface area contributed by atoms with Gasteiger partial charge in [0, 0.05) is 32.6 Å². The van der Waals surface area contributed by atoms with E-state index in [2.05, 4.69) is 5.32 Å². The first-order valence-electron chi connectivity index (χ1n) is 11.7. The second-order valence-electron chi connectivity index (χ2n) is 8.18. The zero-order valence-electron chi connectivity index (χ0n) is 21.4. The normalized spacial score (nSPS) is 14.7. The summed E-state index contributed by atoms with van der Waals surface area (Å²) in [5, 5.41) is 2.79. The van der Waals surface area contributed by atoms with Gasteiger partial charge in [0.15, 0.2) is 12.2 Å². The second kappa shape index (κ2) is 13.7. The number of hydrogen-bond donors (Lipinski definition) is 1. The average molecular weight is 542 g/mol. The van der Waals surface area contributed by atoms with Crippen LogP contribution in [0.3, 0.4) is 0 Å². The smallest absolute Gasteiger partial charge is 0.341 e. The van der Waals surface area contributed by atoms with Crippen molar-refractivity contribution in [1.29, 1.82) is 0 Å². The maximum absolute atomic E-state index is 13.5. The zero-order valence-corrected chi connectivity index (χ0v) is 22.2. The fourth-order valence-corrected chi connectivity index (χ4v) is 5.12. The lowest BCUT2D eigenvalue weighted by molar-refractivity contribution is -0.190. The van der Waals surface area contributed by atoms with Crippen molar-refractivity contribution >= 4 is 52.1 Å². The SMILES string of the molecule is CCOC(=O)c1c(NC(=O)C(OC(C)=O)C(OC(C)=O)C(COC(C)=O)OC(C)=O)sc2c1CCCC2. The Kier molecular flexibility index (Phi) is 11.0. The molecule has 0 bridgehead atoms. The highest BCUT2D eigenvalue weighted by atomic mass is 32.1. The number of thiophene rings is 1. The van der Waals surface area contributed by atoms with Crippen LogP contribution in [-0.2, 0) is 60.5 Å². The molecule has 204 valence electrons. The lowest BCUT2D eigenvalue weighted by Gasteiger charge is -2.30. The van der Waals surface area contributed by atoms with Crippen LogP contribution in [0.2, 0.25) is 0 Å². The van der Waals surface area contributed by atoms with Gasteiger partial charge in [-0.25, -0.2) is 4.79 Å². The van der Waals surface area contributed by atoms with E-state index >= 15 is 0 Å². The summed E-state index contributed by atoms with van der Waals surface area (Å²) in [6.07, 6.45) is -1.83. The van der Waals surface area contributed by atoms with Gasteiger partial charge in [-0.2, -0.15) is 0 Å². The summed E-state index contributed by atoms with van der Waals surface area (Å²) in [6.45, 7) is 5.45. The zero-order chi connectivity index (χ0) is 27.7. The molecule has 12 nitrogen and oxygen atoms in total. The van der Waals surface area contributed by atoms with Crippen molar-refractivity contribution in [3.05, 3.63) is 16.0 Å². The van der Waals surface area contributed by atoms with Crippen LogP contribution in [-0.4, -0.2) is 67.3 Å². The van der Waals surface area contributed by atoms with Crippen molar-refractivity contribution < 1.29 is 52.5 Å². The Morgan fingerprint density at radius 1 is 0.838 bits per heavy atom. The van der Waals surface area contributed by atoms with Crippen molar-refractivity contribution in [1.82, 2.24) is 0 Å². The van der Waals surface area contributed by atoms with E-state index in [-0.39, 0.29) is 17.2 Å². The number of esters is 5. The molecule has 0 saturated carbocycles. The van der Waals surface area contributed by atoms with Crippen LogP contribution in [0.1, 0.15) is 68.3 Å². The van der Waals surface area contributed by atoms with Gasteiger partial charge in [-0.15, -0.1) is 11.3 Å². The van der Waals surface area contributed by atoms with Gasteiger partial charge in [0.25, 0.3) is 5.91 Å². The monoisotopic (exact) mass is 541 g/mol. The second-order valence-corrected chi connectivity index (χ2v) is 9.28. The predicted molar refractivity (Wildman–Crippen MR) is 129 cm³/mol. The number of carbonyl (C=O) groups excluding carboxylic acids is 6. The maximum atomic E-state index is 13.5. The molecule has 0 spiro atoms. The van der Waals surface area contributed by atoms with Crippen molar-refractivity contribution in [2.75, 3.05) is 18.5 Å². The van der Waals surface area contributed by atoms with E-state index in [4.69, 9.17) is 23.7 Å². The van der Waals surface area contributed by atoms with Crippen LogP contribution in [0.15, 0.2) is 0 Å². The molecule has 3 atom stereocenters. The van der Waals surface area contributed by atoms with Gasteiger partial charge in [0.05, 0.1) is 12.2 Å². The highest BCUT2D eigenvalue weighted by Gasteiger charge is 2.43. The Balaban J connectivity index is 2.49. The minimum absolute atomic E-state index is 0.127. The number of aryl methyl sites for hydroxylation is 1. The van der Waals surface area contributed by atoms with E-state index in [0.717, 1.165) is 57.4 Å². The van der Waals surface area contributed by atoms with Crippen LogP contribution in [0.25, 0.3) is 0 Å². The Morgan fingerprint density at radius 3 is 2.03 bits per heavy atom. The number of hydrogen-bond acceptors (Lipinski definition) is 12. The van der Waals surface area contributed by atoms with E-state index < -0.39 is 60.7 Å². The Labute approximate surface area is 217 Å². The quantitative estimate of drug-likeness (QED) is 0.323. The minimum Gasteiger partial charge on any atom is -0.462 e. The lowest BCUT2D eigenvalue weighted by Crippen LogP contribution is -2.52. The molecule has 37 heavy (non-hydrogen) atoms. The molecule has 0 aromatic carbocycles. The van der Waals surface area contributed by atoms with Gasteiger partial charge in [0.1, 0.15) is 11.6 Å². The molecule has 2 rings (SSSR count). The Hall–Kier alpha value is -3.48. The largest absolute Gasteiger partial charge is 0.462 e. The average Bonchev–Trinajstić information content (AvgIpc) is 3.16. The van der Waals surface area contributed by atoms with Crippen molar-refractivity contribution in [3.8, 4) is 0 Å². The molecule has 1 heterocycles. The van der Waals surface area contributed by atoms with Crippen LogP contribution in [0, 0.1) is 0 Å². The molecule has 13 heteroatoms. The molecule has 3 unspecified atom stereocenters. The topological polar surface area (TPSA) is 161 Å². The molecular weight excluding hydrogens is 510 g/mol. The van der Waals surface area contributed by atoms with E-state index in [1.165, 1.54) is 11.3 Å². The predicted octanol–water partition coefficient (Wildman–Crippen LogP) is 2.10. The number of amides is 1. The minimum atomic E-state index is -1.82. The molecule has 0 radical (unpaired) electrons. The highest BCUT2D eigenvalue weighted by molar-refractivity contribution is 7.17. The first kappa shape index (κ1) is 29.7. The molecule has 0 saturated heterocycles. The third kappa shape index (κ3) is 8.55. The van der Waals surface area contributed by atoms with Gasteiger partial charge >= 0.3 is 29.8 Å². The van der Waals surface area contributed by atoms with Gasteiger partial charge in [-0.1, -0.05) is 0 Å². The molecule has 1 N–H and O–H groups in total. The van der Waals surface area contributed by atoms with Gasteiger partial charge in [-0.3, -0.25) is 24.0 Å². The van der Waals surface area contributed by atoms with Gasteiger partial charge < -0.3 is 29.0 Å². The fraction of sp³-hybridized carbons (Fsp3) is 0.583. The highest BCUT2D eigenvalue weighted by Crippen LogP contribution is 2.39. The number of anilines is 1. The summed E-state index contributed by atoms with van der Waals surface area (Å²) in [4.78, 5) is 74.1. The van der Waals surface area contributed by atoms with E-state index in [1.54, 1.807) is 6.92 Å². The summed E-state index contributed by atoms with van der Waals surface area (Å²) in [6, 6.07) is 0. The number of nitrogens with one attached hydrogen (secondary N) is 1. The first-order chi connectivity index (χ1) is 17.4. The van der Waals surface area contributed by atoms with E-state index in [0.29, 0.717) is 6.42 Å². The molecule has 0 fully saturated rings. The Morgan fingerprint density at radius 2 is 1.46 bits per heavy atom. The Bertz CT molecular complexity index is 1050.